The van der Waals surface area contributed by atoms with Gasteiger partial charge >= 0.3 is 0 Å². The van der Waals surface area contributed by atoms with Crippen LogP contribution in [0.2, 0.25) is 0 Å². The molecule has 2 aliphatic heterocycles. The summed E-state index contributed by atoms with van der Waals surface area (Å²) < 4.78 is 34.7. The number of hydrogen-bond acceptors (Lipinski definition) is 4. The Hall–Kier alpha value is -2.93. The number of aliphatic imine (C=N–C) groups is 1. The van der Waals surface area contributed by atoms with Gasteiger partial charge in [0.05, 0.1) is 17.9 Å². The van der Waals surface area contributed by atoms with Gasteiger partial charge in [0.25, 0.3) is 0 Å². The van der Waals surface area contributed by atoms with Crippen molar-refractivity contribution in [3.05, 3.63) is 65.2 Å². The maximum absolute atomic E-state index is 14.1. The Morgan fingerprint density at radius 2 is 1.87 bits per heavy atom. The molecule has 0 saturated carbocycles. The van der Waals surface area contributed by atoms with Crippen molar-refractivity contribution in [1.82, 2.24) is 0 Å². The monoisotopic (exact) mass is 424 g/mol. The molecule has 4 atom stereocenters. The van der Waals surface area contributed by atoms with Crippen LogP contribution in [0.25, 0.3) is 5.57 Å². The summed E-state index contributed by atoms with van der Waals surface area (Å²) in [6.07, 6.45) is 2.87. The number of anilines is 2. The van der Waals surface area contributed by atoms with Gasteiger partial charge in [0, 0.05) is 36.0 Å². The van der Waals surface area contributed by atoms with Gasteiger partial charge in [-0.2, -0.15) is 0 Å². The van der Waals surface area contributed by atoms with Gasteiger partial charge in [-0.05, 0) is 67.8 Å². The van der Waals surface area contributed by atoms with E-state index in [9.17, 15) is 8.78 Å². The largest absolute Gasteiger partial charge is 0.388 e. The van der Waals surface area contributed by atoms with Crippen molar-refractivity contribution in [3.63, 3.8) is 0 Å². The second-order valence-electron chi connectivity index (χ2n) is 8.68. The molecule has 5 rings (SSSR count). The molecule has 0 amide bonds. The van der Waals surface area contributed by atoms with E-state index in [4.69, 9.17) is 10.5 Å². The van der Waals surface area contributed by atoms with E-state index in [0.29, 0.717) is 19.0 Å². The Balaban J connectivity index is 1.53. The topological polar surface area (TPSA) is 71.7 Å². The maximum Gasteiger partial charge on any atom is 0.123 e. The fourth-order valence-electron chi connectivity index (χ4n) is 5.13. The van der Waals surface area contributed by atoms with E-state index < -0.39 is 5.60 Å². The lowest BCUT2D eigenvalue weighted by molar-refractivity contribution is -0.0511. The van der Waals surface area contributed by atoms with E-state index in [1.54, 1.807) is 31.2 Å². The number of ether oxygens (including phenoxy) is 1. The number of hydrogen-bond donors (Lipinski definition) is 3. The summed E-state index contributed by atoms with van der Waals surface area (Å²) >= 11 is 0. The lowest BCUT2D eigenvalue weighted by Gasteiger charge is -2.46. The van der Waals surface area contributed by atoms with Gasteiger partial charge in [-0.25, -0.2) is 8.78 Å². The van der Waals surface area contributed by atoms with Crippen molar-refractivity contribution in [2.45, 2.75) is 43.9 Å². The second kappa shape index (κ2) is 7.34. The highest BCUT2D eigenvalue weighted by molar-refractivity contribution is 5.90. The molecule has 0 radical (unpaired) electrons. The quantitative estimate of drug-likeness (QED) is 0.381. The van der Waals surface area contributed by atoms with Crippen molar-refractivity contribution in [2.75, 3.05) is 23.8 Å². The van der Waals surface area contributed by atoms with E-state index in [1.165, 1.54) is 12.1 Å². The third kappa shape index (κ3) is 3.28. The fraction of sp³-hybridized carbons (Fsp3) is 0.375. The van der Waals surface area contributed by atoms with Crippen molar-refractivity contribution < 1.29 is 13.5 Å². The van der Waals surface area contributed by atoms with Crippen LogP contribution in [0.1, 0.15) is 37.3 Å². The smallest absolute Gasteiger partial charge is 0.123 e. The zero-order valence-electron chi connectivity index (χ0n) is 17.6. The SMILES string of the molecule is CC(N)=NCCCOC1(C)C2Nc3ccc(F)cc3C2=CC2c3cc(F)ccc3NC21. The molecule has 162 valence electrons. The highest BCUT2D eigenvalue weighted by Gasteiger charge is 2.55. The number of amidine groups is 1. The third-order valence-corrected chi connectivity index (χ3v) is 6.57. The molecule has 1 aliphatic carbocycles. The van der Waals surface area contributed by atoms with Gasteiger partial charge in [0.15, 0.2) is 0 Å². The number of halogens is 2. The fourth-order valence-corrected chi connectivity index (χ4v) is 5.13. The molecule has 4 N–H and O–H groups in total. The van der Waals surface area contributed by atoms with Crippen LogP contribution in [0.15, 0.2) is 47.5 Å². The standard InChI is InChI=1S/C24H26F2N4O/c1-13(27)28-8-3-9-31-24(2)22-18(16-10-14(25)4-6-20(16)29-22)12-19-17-11-15(26)5-7-21(17)30-23(19)24/h4-7,10-12,18,22-23,29-30H,3,8-9H2,1-2H3,(H2,27,28). The number of nitrogens with zero attached hydrogens (tertiary/aromatic N) is 1. The van der Waals surface area contributed by atoms with Gasteiger partial charge in [-0.15, -0.1) is 0 Å². The van der Waals surface area contributed by atoms with Gasteiger partial charge in [-0.3, -0.25) is 4.99 Å². The Labute approximate surface area is 180 Å². The molecule has 0 fully saturated rings. The summed E-state index contributed by atoms with van der Waals surface area (Å²) in [5.74, 6) is -0.0745. The summed E-state index contributed by atoms with van der Waals surface area (Å²) in [5.41, 5.74) is 9.50. The minimum atomic E-state index is -0.652. The average Bonchev–Trinajstić information content (AvgIpc) is 3.27. The molecule has 5 nitrogen and oxygen atoms in total. The number of nitrogens with one attached hydrogen (secondary N) is 2. The van der Waals surface area contributed by atoms with Gasteiger partial charge in [0.2, 0.25) is 0 Å². The van der Waals surface area contributed by atoms with Crippen LogP contribution in [0, 0.1) is 11.6 Å². The summed E-state index contributed by atoms with van der Waals surface area (Å²) in [4.78, 5) is 4.24. The molecule has 0 spiro atoms. The predicted octanol–water partition coefficient (Wildman–Crippen LogP) is 4.28. The van der Waals surface area contributed by atoms with Crippen molar-refractivity contribution in [2.24, 2.45) is 10.7 Å². The molecule has 2 aromatic rings. The first-order chi connectivity index (χ1) is 14.9. The van der Waals surface area contributed by atoms with Crippen LogP contribution >= 0.6 is 0 Å². The first-order valence-electron chi connectivity index (χ1n) is 10.6. The Bertz CT molecular complexity index is 1090. The molecule has 4 unspecified atom stereocenters. The highest BCUT2D eigenvalue weighted by Crippen LogP contribution is 2.53. The van der Waals surface area contributed by atoms with Gasteiger partial charge in [-0.1, -0.05) is 6.08 Å². The summed E-state index contributed by atoms with van der Waals surface area (Å²) in [7, 11) is 0. The van der Waals surface area contributed by atoms with E-state index in [-0.39, 0.29) is 29.6 Å². The molecule has 0 bridgehead atoms. The molecule has 3 aliphatic rings. The second-order valence-corrected chi connectivity index (χ2v) is 8.68. The lowest BCUT2D eigenvalue weighted by atomic mass is 9.71. The number of nitrogens with two attached hydrogens (primary N) is 1. The van der Waals surface area contributed by atoms with Gasteiger partial charge < -0.3 is 21.1 Å². The van der Waals surface area contributed by atoms with Crippen molar-refractivity contribution in [3.8, 4) is 0 Å². The van der Waals surface area contributed by atoms with E-state index in [1.807, 2.05) is 0 Å². The Kier molecular flexibility index (Phi) is 4.73. The van der Waals surface area contributed by atoms with Gasteiger partial charge in [0.1, 0.15) is 17.2 Å². The summed E-state index contributed by atoms with van der Waals surface area (Å²) in [5, 5.41) is 7.11. The van der Waals surface area contributed by atoms with Crippen LogP contribution in [0.4, 0.5) is 20.2 Å². The van der Waals surface area contributed by atoms with Crippen LogP contribution in [0.3, 0.4) is 0 Å². The zero-order valence-corrected chi connectivity index (χ0v) is 17.6. The maximum atomic E-state index is 14.1. The molecule has 0 aromatic heterocycles. The highest BCUT2D eigenvalue weighted by atomic mass is 19.1. The Morgan fingerprint density at radius 3 is 2.65 bits per heavy atom. The predicted molar refractivity (Wildman–Crippen MR) is 119 cm³/mol. The number of rotatable bonds is 5. The van der Waals surface area contributed by atoms with Crippen LogP contribution in [0.5, 0.6) is 0 Å². The zero-order chi connectivity index (χ0) is 21.8. The molecule has 7 heteroatoms. The third-order valence-electron chi connectivity index (χ3n) is 6.57. The summed E-state index contributed by atoms with van der Waals surface area (Å²) in [6.45, 7) is 4.93. The molecule has 2 heterocycles. The first-order valence-corrected chi connectivity index (χ1v) is 10.6. The van der Waals surface area contributed by atoms with E-state index >= 15 is 0 Å². The normalized spacial score (nSPS) is 28.1. The van der Waals surface area contributed by atoms with E-state index in [2.05, 4.69) is 28.6 Å². The van der Waals surface area contributed by atoms with Crippen LogP contribution in [-0.4, -0.2) is 36.7 Å². The molecule has 0 saturated heterocycles. The minimum absolute atomic E-state index is 0.0812. The molecule has 31 heavy (non-hydrogen) atoms. The van der Waals surface area contributed by atoms with Crippen LogP contribution in [-0.2, 0) is 4.74 Å². The molecular weight excluding hydrogens is 398 g/mol. The van der Waals surface area contributed by atoms with Crippen molar-refractivity contribution in [1.29, 1.82) is 0 Å². The lowest BCUT2D eigenvalue weighted by Crippen LogP contribution is -2.59. The average molecular weight is 424 g/mol. The van der Waals surface area contributed by atoms with Crippen molar-refractivity contribution >= 4 is 22.8 Å². The first kappa shape index (κ1) is 20.0. The minimum Gasteiger partial charge on any atom is -0.388 e. The Morgan fingerprint density at radius 1 is 1.13 bits per heavy atom. The molecule has 2 aromatic carbocycles. The molecular formula is C24H26F2N4O. The van der Waals surface area contributed by atoms with Crippen LogP contribution < -0.4 is 16.4 Å². The number of fused-ring (bicyclic) bond motifs is 6. The summed E-state index contributed by atoms with van der Waals surface area (Å²) in [6, 6.07) is 9.35. The van der Waals surface area contributed by atoms with E-state index in [0.717, 1.165) is 34.5 Å². The number of benzene rings is 2.